The first-order valence-corrected chi connectivity index (χ1v) is 6.90. The standard InChI is InChI=1S/C14H17.C5H5.2ClH.Zr/c1-9-10(2)12(4)14(11(9)3)13-7-5-6-8-13;1-2-4-5-3-1;;;/h5-8,11H,1-4H3;1-5H;2*1H;/q-1;-5;;;. The molecule has 0 fully saturated rings. The van der Waals surface area contributed by atoms with Crippen molar-refractivity contribution in [2.24, 2.45) is 5.92 Å². The van der Waals surface area contributed by atoms with Crippen LogP contribution in [0, 0.1) is 5.92 Å². The molecule has 0 saturated heterocycles. The van der Waals surface area contributed by atoms with E-state index in [0.29, 0.717) is 5.92 Å². The van der Waals surface area contributed by atoms with Crippen molar-refractivity contribution in [3.05, 3.63) is 76.9 Å². The Bertz CT molecular complexity index is 558. The Labute approximate surface area is 166 Å². The van der Waals surface area contributed by atoms with Gasteiger partial charge in [-0.15, -0.1) is 53.7 Å². The Balaban J connectivity index is 0. The quantitative estimate of drug-likeness (QED) is 0.473. The molecule has 1 aliphatic rings. The first kappa shape index (κ1) is 23.9. The van der Waals surface area contributed by atoms with Crippen LogP contribution in [0.2, 0.25) is 0 Å². The first-order chi connectivity index (χ1) is 9.13. The summed E-state index contributed by atoms with van der Waals surface area (Å²) in [5.74, 6) is 0.595. The molecule has 0 aromatic heterocycles. The van der Waals surface area contributed by atoms with Gasteiger partial charge in [-0.25, -0.2) is 0 Å². The van der Waals surface area contributed by atoms with Crippen LogP contribution in [0.1, 0.15) is 33.3 Å². The van der Waals surface area contributed by atoms with Crippen LogP contribution < -0.4 is 0 Å². The van der Waals surface area contributed by atoms with Crippen LogP contribution in [0.3, 0.4) is 0 Å². The summed E-state index contributed by atoms with van der Waals surface area (Å²) in [6.07, 6.45) is 0. The van der Waals surface area contributed by atoms with Crippen molar-refractivity contribution in [3.63, 3.8) is 0 Å². The molecule has 0 amide bonds. The third kappa shape index (κ3) is 5.37. The van der Waals surface area contributed by atoms with Crippen LogP contribution in [0.25, 0.3) is 5.57 Å². The summed E-state index contributed by atoms with van der Waals surface area (Å²) < 4.78 is 0. The number of allylic oxidation sites excluding steroid dienone is 4. The average molecular weight is 415 g/mol. The van der Waals surface area contributed by atoms with E-state index in [4.69, 9.17) is 0 Å². The molecule has 0 nitrogen and oxygen atoms in total. The van der Waals surface area contributed by atoms with Crippen LogP contribution in [0.4, 0.5) is 0 Å². The fourth-order valence-electron chi connectivity index (χ4n) is 2.70. The molecular weight excluding hydrogens is 390 g/mol. The topological polar surface area (TPSA) is 0 Å². The molecule has 2 aromatic carbocycles. The monoisotopic (exact) mass is 412 g/mol. The van der Waals surface area contributed by atoms with E-state index >= 15 is 0 Å². The van der Waals surface area contributed by atoms with E-state index in [2.05, 4.69) is 52.0 Å². The Morgan fingerprint density at radius 2 is 1.23 bits per heavy atom. The van der Waals surface area contributed by atoms with Crippen LogP contribution >= 0.6 is 24.8 Å². The van der Waals surface area contributed by atoms with Crippen molar-refractivity contribution in [2.75, 3.05) is 0 Å². The van der Waals surface area contributed by atoms with E-state index in [1.54, 1.807) is 0 Å². The maximum Gasteiger partial charge on any atom is 0 e. The number of rotatable bonds is 1. The average Bonchev–Trinajstić information content (AvgIpc) is 3.13. The van der Waals surface area contributed by atoms with E-state index < -0.39 is 0 Å². The van der Waals surface area contributed by atoms with Crippen LogP contribution in [-0.4, -0.2) is 0 Å². The van der Waals surface area contributed by atoms with Crippen LogP contribution in [0.15, 0.2) is 71.3 Å². The molecule has 124 valence electrons. The zero-order valence-corrected chi connectivity index (χ0v) is 17.7. The molecule has 0 heterocycles. The molecule has 1 atom stereocenters. The summed E-state index contributed by atoms with van der Waals surface area (Å²) >= 11 is 0. The van der Waals surface area contributed by atoms with Crippen molar-refractivity contribution in [1.82, 2.24) is 0 Å². The molecule has 22 heavy (non-hydrogen) atoms. The molecular formula is C19H24Cl2Zr-6. The number of hydrogen-bond acceptors (Lipinski definition) is 0. The summed E-state index contributed by atoms with van der Waals surface area (Å²) in [6, 6.07) is 18.7. The van der Waals surface area contributed by atoms with E-state index in [1.807, 2.05) is 30.3 Å². The van der Waals surface area contributed by atoms with Gasteiger partial charge in [0, 0.05) is 26.2 Å². The van der Waals surface area contributed by atoms with Gasteiger partial charge < -0.3 is 30.3 Å². The predicted molar refractivity (Wildman–Crippen MR) is 98.7 cm³/mol. The molecule has 0 spiro atoms. The molecule has 0 aliphatic heterocycles. The van der Waals surface area contributed by atoms with Gasteiger partial charge >= 0.3 is 0 Å². The number of halogens is 2. The second-order valence-electron chi connectivity index (χ2n) is 5.20. The molecule has 1 unspecified atom stereocenters. The van der Waals surface area contributed by atoms with Crippen molar-refractivity contribution in [2.45, 2.75) is 27.7 Å². The predicted octanol–water partition coefficient (Wildman–Crippen LogP) is 6.41. The minimum atomic E-state index is 0. The first-order valence-electron chi connectivity index (χ1n) is 6.90. The van der Waals surface area contributed by atoms with Gasteiger partial charge in [-0.1, -0.05) is 25.0 Å². The maximum atomic E-state index is 2.30. The normalized spacial score (nSPS) is 16.1. The SMILES string of the molecule is CC1=C(C)C(C)C([c-]2cccc2)=C1C.Cl.Cl.[Zr].[cH-]1[cH-][cH-][cH-][cH-]1. The Kier molecular flexibility index (Phi) is 12.2. The fourth-order valence-corrected chi connectivity index (χ4v) is 2.70. The van der Waals surface area contributed by atoms with Gasteiger partial charge in [0.25, 0.3) is 0 Å². The second-order valence-corrected chi connectivity index (χ2v) is 5.20. The summed E-state index contributed by atoms with van der Waals surface area (Å²) in [4.78, 5) is 0. The van der Waals surface area contributed by atoms with Gasteiger partial charge in [-0.3, -0.25) is 0 Å². The second kappa shape index (κ2) is 11.2. The van der Waals surface area contributed by atoms with Crippen LogP contribution in [0.5, 0.6) is 0 Å². The Morgan fingerprint density at radius 3 is 1.55 bits per heavy atom. The molecule has 0 radical (unpaired) electrons. The molecule has 0 bridgehead atoms. The molecule has 1 aliphatic carbocycles. The third-order valence-corrected chi connectivity index (χ3v) is 4.17. The van der Waals surface area contributed by atoms with Crippen molar-refractivity contribution < 1.29 is 26.2 Å². The van der Waals surface area contributed by atoms with E-state index in [-0.39, 0.29) is 51.0 Å². The van der Waals surface area contributed by atoms with Crippen molar-refractivity contribution in [3.8, 4) is 0 Å². The van der Waals surface area contributed by atoms with Gasteiger partial charge in [-0.05, 0) is 19.8 Å². The maximum absolute atomic E-state index is 2.30. The minimum absolute atomic E-state index is 0. The summed E-state index contributed by atoms with van der Waals surface area (Å²) in [5, 5.41) is 0. The van der Waals surface area contributed by atoms with Crippen LogP contribution in [-0.2, 0) is 26.2 Å². The van der Waals surface area contributed by atoms with Gasteiger partial charge in [0.05, 0.1) is 0 Å². The molecule has 2 aromatic rings. The Morgan fingerprint density at radius 1 is 0.818 bits per heavy atom. The van der Waals surface area contributed by atoms with Gasteiger partial charge in [0.2, 0.25) is 0 Å². The fraction of sp³-hybridized carbons (Fsp3) is 0.263. The van der Waals surface area contributed by atoms with E-state index in [0.717, 1.165) is 0 Å². The largest absolute Gasteiger partial charge is 0.748 e. The van der Waals surface area contributed by atoms with Crippen molar-refractivity contribution >= 4 is 30.4 Å². The zero-order chi connectivity index (χ0) is 13.8. The summed E-state index contributed by atoms with van der Waals surface area (Å²) in [6.45, 7) is 9.03. The van der Waals surface area contributed by atoms with Gasteiger partial charge in [0.1, 0.15) is 0 Å². The number of hydrogen-bond donors (Lipinski definition) is 0. The zero-order valence-electron chi connectivity index (χ0n) is 13.6. The third-order valence-electron chi connectivity index (χ3n) is 4.17. The van der Waals surface area contributed by atoms with Crippen molar-refractivity contribution in [1.29, 1.82) is 0 Å². The molecule has 3 rings (SSSR count). The minimum Gasteiger partial charge on any atom is -0.748 e. The smallest absolute Gasteiger partial charge is 0 e. The van der Waals surface area contributed by atoms with E-state index in [1.165, 1.54) is 27.9 Å². The molecule has 0 N–H and O–H groups in total. The van der Waals surface area contributed by atoms with Gasteiger partial charge in [0.15, 0.2) is 0 Å². The molecule has 3 heteroatoms. The summed E-state index contributed by atoms with van der Waals surface area (Å²) in [7, 11) is 0. The Hall–Kier alpha value is -0.357. The molecule has 0 saturated carbocycles. The summed E-state index contributed by atoms with van der Waals surface area (Å²) in [5.41, 5.74) is 7.39. The van der Waals surface area contributed by atoms with E-state index in [9.17, 15) is 0 Å². The van der Waals surface area contributed by atoms with Gasteiger partial charge in [-0.2, -0.15) is 12.1 Å².